The van der Waals surface area contributed by atoms with Crippen molar-refractivity contribution < 1.29 is 22.7 Å². The molecule has 25 heavy (non-hydrogen) atoms. The smallest absolute Gasteiger partial charge is 0.416 e. The molecule has 0 bridgehead atoms. The highest BCUT2D eigenvalue weighted by atomic mass is 19.4. The van der Waals surface area contributed by atoms with E-state index in [9.17, 15) is 18.0 Å². The first-order valence-electron chi connectivity index (χ1n) is 7.18. The van der Waals surface area contributed by atoms with Gasteiger partial charge in [-0.25, -0.2) is 15.5 Å². The van der Waals surface area contributed by atoms with Gasteiger partial charge in [0.25, 0.3) is 5.91 Å². The number of carbonyl (C=O) groups is 1. The number of aromatic nitrogens is 3. The topological polar surface area (TPSA) is 95.1 Å². The van der Waals surface area contributed by atoms with E-state index in [1.165, 1.54) is 23.3 Å². The molecule has 2 rings (SSSR count). The summed E-state index contributed by atoms with van der Waals surface area (Å²) >= 11 is 0. The maximum Gasteiger partial charge on any atom is 0.416 e. The molecule has 0 saturated carbocycles. The number of amides is 1. The highest BCUT2D eigenvalue weighted by Crippen LogP contribution is 2.35. The summed E-state index contributed by atoms with van der Waals surface area (Å²) in [4.78, 5) is 15.0. The van der Waals surface area contributed by atoms with E-state index in [0.29, 0.717) is 0 Å². The van der Waals surface area contributed by atoms with E-state index >= 15 is 0 Å². The number of hydrogen-bond donors (Lipinski definition) is 2. The number of hydrazine groups is 1. The highest BCUT2D eigenvalue weighted by molar-refractivity contribution is 5.89. The van der Waals surface area contributed by atoms with E-state index in [4.69, 9.17) is 10.6 Å². The summed E-state index contributed by atoms with van der Waals surface area (Å²) in [7, 11) is 0. The first-order valence-corrected chi connectivity index (χ1v) is 7.18. The number of ether oxygens (including phenoxy) is 1. The molecule has 3 N–H and O–H groups in total. The third-order valence-electron chi connectivity index (χ3n) is 2.89. The Hall–Kier alpha value is -2.88. The Kier molecular flexibility index (Phi) is 5.42. The van der Waals surface area contributed by atoms with Gasteiger partial charge in [-0.3, -0.25) is 10.2 Å². The van der Waals surface area contributed by atoms with Crippen LogP contribution in [0.3, 0.4) is 0 Å². The fraction of sp³-hybridized carbons (Fsp3) is 0.267. The summed E-state index contributed by atoms with van der Waals surface area (Å²) in [6, 6.07) is 3.28. The molecule has 1 heterocycles. The fourth-order valence-electron chi connectivity index (χ4n) is 1.90. The third kappa shape index (κ3) is 5.05. The van der Waals surface area contributed by atoms with Crippen molar-refractivity contribution in [2.45, 2.75) is 26.1 Å². The Bertz CT molecular complexity index is 784. The number of nitrogens with zero attached hydrogens (tertiary/aromatic N) is 3. The molecule has 10 heteroatoms. The van der Waals surface area contributed by atoms with Crippen LogP contribution in [0.15, 0.2) is 30.6 Å². The second kappa shape index (κ2) is 7.34. The molecule has 0 radical (unpaired) electrons. The SMILES string of the molecule is CC(C)Oc1cc(-c2ncn(C=CC(=O)NN)n2)cc(C(F)(F)F)c1. The van der Waals surface area contributed by atoms with Gasteiger partial charge < -0.3 is 4.74 Å². The second-order valence-corrected chi connectivity index (χ2v) is 5.28. The third-order valence-corrected chi connectivity index (χ3v) is 2.89. The minimum absolute atomic E-state index is 0.0533. The molecule has 1 amide bonds. The van der Waals surface area contributed by atoms with E-state index in [1.54, 1.807) is 13.8 Å². The molecule has 1 aromatic carbocycles. The zero-order valence-electron chi connectivity index (χ0n) is 13.4. The van der Waals surface area contributed by atoms with Crippen LogP contribution in [0, 0.1) is 0 Å². The van der Waals surface area contributed by atoms with Crippen LogP contribution in [0.4, 0.5) is 13.2 Å². The number of benzene rings is 1. The van der Waals surface area contributed by atoms with Crippen LogP contribution in [0.5, 0.6) is 5.75 Å². The molecule has 0 aliphatic rings. The van der Waals surface area contributed by atoms with Crippen LogP contribution >= 0.6 is 0 Å². The van der Waals surface area contributed by atoms with Crippen molar-refractivity contribution in [3.63, 3.8) is 0 Å². The second-order valence-electron chi connectivity index (χ2n) is 5.28. The number of rotatable bonds is 5. The Labute approximate surface area is 141 Å². The Morgan fingerprint density at radius 2 is 2.08 bits per heavy atom. The first-order chi connectivity index (χ1) is 11.7. The van der Waals surface area contributed by atoms with Gasteiger partial charge in [0.2, 0.25) is 0 Å². The summed E-state index contributed by atoms with van der Waals surface area (Å²) in [5.74, 6) is 4.48. The maximum atomic E-state index is 13.1. The van der Waals surface area contributed by atoms with Gasteiger partial charge in [0.05, 0.1) is 11.7 Å². The summed E-state index contributed by atoms with van der Waals surface area (Å²) in [6.07, 6.45) is -1.22. The predicted molar refractivity (Wildman–Crippen MR) is 83.9 cm³/mol. The average Bonchev–Trinajstić information content (AvgIpc) is 2.99. The fourth-order valence-corrected chi connectivity index (χ4v) is 1.90. The lowest BCUT2D eigenvalue weighted by Crippen LogP contribution is -2.28. The number of nitrogens with one attached hydrogen (secondary N) is 1. The number of nitrogens with two attached hydrogens (primary N) is 1. The molecular formula is C15H16F3N5O2. The van der Waals surface area contributed by atoms with Crippen molar-refractivity contribution in [2.75, 3.05) is 0 Å². The first kappa shape index (κ1) is 18.5. The minimum atomic E-state index is -4.53. The van der Waals surface area contributed by atoms with Crippen molar-refractivity contribution in [3.8, 4) is 17.1 Å². The number of halogens is 3. The van der Waals surface area contributed by atoms with Gasteiger partial charge in [-0.2, -0.15) is 13.2 Å². The minimum Gasteiger partial charge on any atom is -0.491 e. The molecule has 1 aromatic heterocycles. The van der Waals surface area contributed by atoms with Gasteiger partial charge in [0.1, 0.15) is 12.1 Å². The molecular weight excluding hydrogens is 339 g/mol. The van der Waals surface area contributed by atoms with Gasteiger partial charge in [-0.05, 0) is 32.0 Å². The summed E-state index contributed by atoms with van der Waals surface area (Å²) in [6.45, 7) is 3.42. The van der Waals surface area contributed by atoms with Gasteiger partial charge in [-0.1, -0.05) is 0 Å². The Balaban J connectivity index is 2.39. The maximum absolute atomic E-state index is 13.1. The Morgan fingerprint density at radius 3 is 2.68 bits per heavy atom. The number of alkyl halides is 3. The zero-order valence-corrected chi connectivity index (χ0v) is 13.4. The van der Waals surface area contributed by atoms with E-state index in [-0.39, 0.29) is 23.2 Å². The molecule has 0 atom stereocenters. The van der Waals surface area contributed by atoms with Crippen LogP contribution in [0.2, 0.25) is 0 Å². The highest BCUT2D eigenvalue weighted by Gasteiger charge is 2.32. The largest absolute Gasteiger partial charge is 0.491 e. The predicted octanol–water partition coefficient (Wildman–Crippen LogP) is 2.21. The lowest BCUT2D eigenvalue weighted by Gasteiger charge is -2.14. The molecule has 134 valence electrons. The molecule has 0 aliphatic carbocycles. The monoisotopic (exact) mass is 355 g/mol. The van der Waals surface area contributed by atoms with Crippen LogP contribution in [0.1, 0.15) is 19.4 Å². The lowest BCUT2D eigenvalue weighted by atomic mass is 10.1. The van der Waals surface area contributed by atoms with Crippen molar-refractivity contribution in [2.24, 2.45) is 5.84 Å². The van der Waals surface area contributed by atoms with Crippen LogP contribution in [-0.4, -0.2) is 26.8 Å². The summed E-state index contributed by atoms with van der Waals surface area (Å²) in [5, 5.41) is 4.01. The molecule has 0 aliphatic heterocycles. The van der Waals surface area contributed by atoms with E-state index in [1.807, 2.05) is 5.43 Å². The van der Waals surface area contributed by atoms with Gasteiger partial charge in [-0.15, -0.1) is 5.10 Å². The van der Waals surface area contributed by atoms with E-state index in [2.05, 4.69) is 10.1 Å². The zero-order chi connectivity index (χ0) is 18.6. The van der Waals surface area contributed by atoms with Crippen LogP contribution < -0.4 is 16.0 Å². The summed E-state index contributed by atoms with van der Waals surface area (Å²) in [5.41, 5.74) is 1.17. The average molecular weight is 355 g/mol. The summed E-state index contributed by atoms with van der Waals surface area (Å²) < 4.78 is 45.8. The van der Waals surface area contributed by atoms with Gasteiger partial charge in [0.15, 0.2) is 5.82 Å². The van der Waals surface area contributed by atoms with Crippen molar-refractivity contribution >= 4 is 12.1 Å². The normalized spacial score (nSPS) is 12.0. The quantitative estimate of drug-likeness (QED) is 0.371. The molecule has 0 spiro atoms. The van der Waals surface area contributed by atoms with Crippen molar-refractivity contribution in [1.29, 1.82) is 0 Å². The van der Waals surface area contributed by atoms with Crippen LogP contribution in [0.25, 0.3) is 17.6 Å². The van der Waals surface area contributed by atoms with Gasteiger partial charge >= 0.3 is 6.18 Å². The number of hydrogen-bond acceptors (Lipinski definition) is 5. The van der Waals surface area contributed by atoms with E-state index in [0.717, 1.165) is 18.2 Å². The Morgan fingerprint density at radius 1 is 1.36 bits per heavy atom. The van der Waals surface area contributed by atoms with Crippen molar-refractivity contribution in [1.82, 2.24) is 20.2 Å². The molecule has 0 unspecified atom stereocenters. The molecule has 0 saturated heterocycles. The molecule has 2 aromatic rings. The number of carbonyl (C=O) groups excluding carboxylic acids is 1. The standard InChI is InChI=1S/C15H16F3N5O2/c1-9(2)25-12-6-10(5-11(7-12)15(16,17)18)14-20-8-23(22-14)4-3-13(24)21-19/h3-9H,19H2,1-2H3,(H,21,24). The molecule has 7 nitrogen and oxygen atoms in total. The van der Waals surface area contributed by atoms with Gasteiger partial charge in [0, 0.05) is 17.8 Å². The van der Waals surface area contributed by atoms with E-state index < -0.39 is 17.6 Å². The van der Waals surface area contributed by atoms with Crippen LogP contribution in [-0.2, 0) is 11.0 Å². The van der Waals surface area contributed by atoms with Crippen molar-refractivity contribution in [3.05, 3.63) is 36.2 Å². The molecule has 0 fully saturated rings. The lowest BCUT2D eigenvalue weighted by molar-refractivity contribution is -0.137.